The highest BCUT2D eigenvalue weighted by Gasteiger charge is 2.08. The molecule has 126 valence electrons. The van der Waals surface area contributed by atoms with Gasteiger partial charge in [-0.1, -0.05) is 23.2 Å². The number of nitrogens with one attached hydrogen (secondary N) is 3. The van der Waals surface area contributed by atoms with Gasteiger partial charge in [-0.25, -0.2) is 4.79 Å². The zero-order valence-corrected chi connectivity index (χ0v) is 14.7. The molecule has 0 bridgehead atoms. The molecule has 0 saturated carbocycles. The van der Waals surface area contributed by atoms with Crippen molar-refractivity contribution in [1.29, 1.82) is 0 Å². The average molecular weight is 366 g/mol. The summed E-state index contributed by atoms with van der Waals surface area (Å²) in [4.78, 5) is 23.8. The third-order valence-corrected chi connectivity index (χ3v) is 3.74. The van der Waals surface area contributed by atoms with Crippen molar-refractivity contribution >= 4 is 46.5 Å². The Bertz CT molecular complexity index is 746. The molecule has 0 aliphatic heterocycles. The van der Waals surface area contributed by atoms with Crippen LogP contribution in [0.5, 0.6) is 0 Å². The fraction of sp³-hybridized carbons (Fsp3) is 0.176. The van der Waals surface area contributed by atoms with E-state index in [0.29, 0.717) is 27.0 Å². The van der Waals surface area contributed by atoms with Crippen LogP contribution >= 0.6 is 23.2 Å². The first-order valence-corrected chi connectivity index (χ1v) is 8.04. The largest absolute Gasteiger partial charge is 0.350 e. The Balaban J connectivity index is 1.96. The highest BCUT2D eigenvalue weighted by Crippen LogP contribution is 2.25. The van der Waals surface area contributed by atoms with E-state index in [9.17, 15) is 9.59 Å². The van der Waals surface area contributed by atoms with Gasteiger partial charge in [-0.15, -0.1) is 0 Å². The molecule has 0 saturated heterocycles. The van der Waals surface area contributed by atoms with Crippen molar-refractivity contribution in [3.05, 3.63) is 58.1 Å². The van der Waals surface area contributed by atoms with Crippen LogP contribution in [-0.4, -0.2) is 18.0 Å². The van der Waals surface area contributed by atoms with Crippen molar-refractivity contribution in [2.45, 2.75) is 19.9 Å². The Hall–Kier alpha value is -2.24. The van der Waals surface area contributed by atoms with Crippen LogP contribution in [-0.2, 0) is 0 Å². The number of amides is 3. The topological polar surface area (TPSA) is 70.2 Å². The number of benzene rings is 2. The van der Waals surface area contributed by atoms with Crippen molar-refractivity contribution in [3.63, 3.8) is 0 Å². The summed E-state index contributed by atoms with van der Waals surface area (Å²) in [6, 6.07) is 11.0. The molecule has 0 unspecified atom stereocenters. The summed E-state index contributed by atoms with van der Waals surface area (Å²) in [5.41, 5.74) is 1.61. The monoisotopic (exact) mass is 365 g/mol. The molecule has 0 radical (unpaired) electrons. The van der Waals surface area contributed by atoms with E-state index in [0.717, 1.165) is 0 Å². The predicted octanol–water partition coefficient (Wildman–Crippen LogP) is 4.78. The number of hydrogen-bond donors (Lipinski definition) is 3. The molecule has 0 heterocycles. The predicted molar refractivity (Wildman–Crippen MR) is 98.1 cm³/mol. The Labute approximate surface area is 150 Å². The van der Waals surface area contributed by atoms with Gasteiger partial charge in [0.05, 0.1) is 10.0 Å². The second kappa shape index (κ2) is 8.04. The van der Waals surface area contributed by atoms with E-state index in [2.05, 4.69) is 16.0 Å². The first kappa shape index (κ1) is 18.1. The maximum Gasteiger partial charge on any atom is 0.323 e. The third-order valence-electron chi connectivity index (χ3n) is 3.00. The molecule has 3 N–H and O–H groups in total. The van der Waals surface area contributed by atoms with Gasteiger partial charge < -0.3 is 16.0 Å². The number of hydrogen-bond acceptors (Lipinski definition) is 2. The standard InChI is InChI=1S/C17H17Cl2N3O2/c1-10(2)20-16(23)11-3-5-12(6-4-11)21-17(24)22-13-7-8-14(18)15(19)9-13/h3-10H,1-2H3,(H,20,23)(H2,21,22,24). The van der Waals surface area contributed by atoms with Crippen LogP contribution in [0.3, 0.4) is 0 Å². The molecule has 0 aromatic heterocycles. The van der Waals surface area contributed by atoms with Gasteiger partial charge in [-0.05, 0) is 56.3 Å². The number of urea groups is 1. The molecule has 24 heavy (non-hydrogen) atoms. The third kappa shape index (κ3) is 5.15. The maximum absolute atomic E-state index is 12.0. The molecule has 0 spiro atoms. The molecule has 7 heteroatoms. The van der Waals surface area contributed by atoms with Crippen molar-refractivity contribution in [1.82, 2.24) is 5.32 Å². The molecule has 0 aliphatic rings. The fourth-order valence-electron chi connectivity index (χ4n) is 1.92. The Morgan fingerprint density at radius 2 is 1.46 bits per heavy atom. The minimum atomic E-state index is -0.423. The molecule has 2 aromatic rings. The van der Waals surface area contributed by atoms with Crippen LogP contribution in [0.2, 0.25) is 10.0 Å². The van der Waals surface area contributed by atoms with Gasteiger partial charge in [0.25, 0.3) is 5.91 Å². The average Bonchev–Trinajstić information content (AvgIpc) is 2.51. The summed E-state index contributed by atoms with van der Waals surface area (Å²) >= 11 is 11.7. The molecular formula is C17H17Cl2N3O2. The number of anilines is 2. The molecule has 0 fully saturated rings. The summed E-state index contributed by atoms with van der Waals surface area (Å²) in [6.45, 7) is 3.78. The zero-order chi connectivity index (χ0) is 17.7. The normalized spacial score (nSPS) is 10.4. The Morgan fingerprint density at radius 1 is 0.875 bits per heavy atom. The van der Waals surface area contributed by atoms with Crippen LogP contribution in [0.4, 0.5) is 16.2 Å². The molecule has 5 nitrogen and oxygen atoms in total. The molecule has 3 amide bonds. The lowest BCUT2D eigenvalue weighted by molar-refractivity contribution is 0.0943. The molecule has 0 aliphatic carbocycles. The zero-order valence-electron chi connectivity index (χ0n) is 13.2. The van der Waals surface area contributed by atoms with E-state index in [1.165, 1.54) is 0 Å². The van der Waals surface area contributed by atoms with Crippen molar-refractivity contribution in [2.75, 3.05) is 10.6 Å². The first-order valence-electron chi connectivity index (χ1n) is 7.29. The van der Waals surface area contributed by atoms with Crippen molar-refractivity contribution in [3.8, 4) is 0 Å². The fourth-order valence-corrected chi connectivity index (χ4v) is 2.22. The number of carbonyl (C=O) groups excluding carboxylic acids is 2. The highest BCUT2D eigenvalue weighted by atomic mass is 35.5. The van der Waals surface area contributed by atoms with E-state index < -0.39 is 6.03 Å². The molecule has 2 aromatic carbocycles. The van der Waals surface area contributed by atoms with E-state index in [1.807, 2.05) is 13.8 Å². The summed E-state index contributed by atoms with van der Waals surface area (Å²) < 4.78 is 0. The van der Waals surface area contributed by atoms with E-state index in [-0.39, 0.29) is 11.9 Å². The summed E-state index contributed by atoms with van der Waals surface area (Å²) in [5, 5.41) is 8.89. The van der Waals surface area contributed by atoms with Gasteiger partial charge in [0.1, 0.15) is 0 Å². The lowest BCUT2D eigenvalue weighted by Gasteiger charge is -2.10. The number of rotatable bonds is 4. The summed E-state index contributed by atoms with van der Waals surface area (Å²) in [6.07, 6.45) is 0. The lowest BCUT2D eigenvalue weighted by atomic mass is 10.2. The van der Waals surface area contributed by atoms with Crippen LogP contribution in [0, 0.1) is 0 Å². The van der Waals surface area contributed by atoms with Gasteiger partial charge in [-0.3, -0.25) is 4.79 Å². The Kier molecular flexibility index (Phi) is 6.06. The SMILES string of the molecule is CC(C)NC(=O)c1ccc(NC(=O)Nc2ccc(Cl)c(Cl)c2)cc1. The maximum atomic E-state index is 12.0. The van der Waals surface area contributed by atoms with Crippen LogP contribution in [0.25, 0.3) is 0 Å². The summed E-state index contributed by atoms with van der Waals surface area (Å²) in [5.74, 6) is -0.156. The van der Waals surface area contributed by atoms with Crippen LogP contribution < -0.4 is 16.0 Å². The van der Waals surface area contributed by atoms with Crippen molar-refractivity contribution in [2.24, 2.45) is 0 Å². The molecule has 0 atom stereocenters. The smallest absolute Gasteiger partial charge is 0.323 e. The molecular weight excluding hydrogens is 349 g/mol. The molecule has 2 rings (SSSR count). The minimum Gasteiger partial charge on any atom is -0.350 e. The van der Waals surface area contributed by atoms with Gasteiger partial charge in [0, 0.05) is 23.0 Å². The summed E-state index contributed by atoms with van der Waals surface area (Å²) in [7, 11) is 0. The van der Waals surface area contributed by atoms with E-state index >= 15 is 0 Å². The van der Waals surface area contributed by atoms with Gasteiger partial charge in [-0.2, -0.15) is 0 Å². The van der Waals surface area contributed by atoms with E-state index in [4.69, 9.17) is 23.2 Å². The number of halogens is 2. The Morgan fingerprint density at radius 3 is 2.04 bits per heavy atom. The quantitative estimate of drug-likeness (QED) is 0.729. The van der Waals surface area contributed by atoms with Gasteiger partial charge in [0.15, 0.2) is 0 Å². The second-order valence-electron chi connectivity index (χ2n) is 5.41. The second-order valence-corrected chi connectivity index (χ2v) is 6.23. The van der Waals surface area contributed by atoms with Crippen LogP contribution in [0.15, 0.2) is 42.5 Å². The van der Waals surface area contributed by atoms with Gasteiger partial charge >= 0.3 is 6.03 Å². The minimum absolute atomic E-state index is 0.0623. The number of carbonyl (C=O) groups is 2. The van der Waals surface area contributed by atoms with Crippen LogP contribution in [0.1, 0.15) is 24.2 Å². The van der Waals surface area contributed by atoms with E-state index in [1.54, 1.807) is 42.5 Å². The van der Waals surface area contributed by atoms with Gasteiger partial charge in [0.2, 0.25) is 0 Å². The first-order chi connectivity index (χ1) is 11.3. The van der Waals surface area contributed by atoms with Crippen molar-refractivity contribution < 1.29 is 9.59 Å². The lowest BCUT2D eigenvalue weighted by Crippen LogP contribution is -2.30. The highest BCUT2D eigenvalue weighted by molar-refractivity contribution is 6.42.